The van der Waals surface area contributed by atoms with Gasteiger partial charge in [-0.25, -0.2) is 0 Å². The Morgan fingerprint density at radius 2 is 0.891 bits per heavy atom. The molecule has 3 unspecified atom stereocenters. The molecule has 3 aliphatic heterocycles. The van der Waals surface area contributed by atoms with Crippen LogP contribution in [0.3, 0.4) is 0 Å². The lowest BCUT2D eigenvalue weighted by Crippen LogP contribution is -2.60. The summed E-state index contributed by atoms with van der Waals surface area (Å²) in [5, 5.41) is 0. The van der Waals surface area contributed by atoms with Crippen molar-refractivity contribution in [2.24, 2.45) is 0 Å². The number of fused-ring (bicyclic) bond motifs is 5. The van der Waals surface area contributed by atoms with Gasteiger partial charge >= 0.3 is 6.03 Å². The standard InChI is InChI=1S/C48H77N5O2/c1-8-13-23-49(24-14-9-2)28-20-29-51(27-17-12-5)35-41-31-39(7)47-43(33-41)37-53-45-22-19-18-21-44(45)52-36-42-32-40(34-50(25-15-10-3)26-16-11-4)30-38(6)46(42)54-48(52,53)55-47/h30-33,36-37,44-45H,8-29,34-35H2,1-7H3/q+2. The zero-order valence-corrected chi connectivity index (χ0v) is 36.1. The Hall–Kier alpha value is -2.74. The molecule has 0 amide bonds. The number of aryl methyl sites for hydroxylation is 2. The van der Waals surface area contributed by atoms with E-state index in [0.717, 1.165) is 50.5 Å². The van der Waals surface area contributed by atoms with Crippen LogP contribution in [0.1, 0.15) is 164 Å². The zero-order valence-electron chi connectivity index (χ0n) is 36.1. The summed E-state index contributed by atoms with van der Waals surface area (Å²) in [4.78, 5) is 8.08. The molecule has 7 heteroatoms. The molecule has 1 saturated carbocycles. The molecular formula is C48H77N5O2+2. The van der Waals surface area contributed by atoms with Gasteiger partial charge in [0.25, 0.3) is 0 Å². The van der Waals surface area contributed by atoms with Crippen molar-refractivity contribution in [1.29, 1.82) is 0 Å². The van der Waals surface area contributed by atoms with Crippen molar-refractivity contribution in [3.8, 4) is 11.5 Å². The maximum absolute atomic E-state index is 7.29. The van der Waals surface area contributed by atoms with E-state index in [1.807, 2.05) is 0 Å². The van der Waals surface area contributed by atoms with E-state index < -0.39 is 6.03 Å². The molecule has 0 aromatic heterocycles. The normalized spacial score (nSPS) is 21.1. The highest BCUT2D eigenvalue weighted by atomic mass is 16.7. The molecule has 0 N–H and O–H groups in total. The Bertz CT molecular complexity index is 1600. The second-order valence-corrected chi connectivity index (χ2v) is 17.4. The lowest BCUT2D eigenvalue weighted by atomic mass is 9.91. The van der Waals surface area contributed by atoms with Gasteiger partial charge in [0.1, 0.15) is 0 Å². The zero-order chi connectivity index (χ0) is 38.8. The van der Waals surface area contributed by atoms with Gasteiger partial charge in [0.2, 0.25) is 12.1 Å². The Kier molecular flexibility index (Phi) is 15.3. The first-order valence-corrected chi connectivity index (χ1v) is 22.9. The molecule has 7 nitrogen and oxygen atoms in total. The molecule has 304 valence electrons. The predicted octanol–water partition coefficient (Wildman–Crippen LogP) is 9.88. The summed E-state index contributed by atoms with van der Waals surface area (Å²) in [6.07, 6.45) is 23.5. The Morgan fingerprint density at radius 1 is 0.527 bits per heavy atom. The molecule has 1 spiro atoms. The molecule has 55 heavy (non-hydrogen) atoms. The maximum Gasteiger partial charge on any atom is 0.704 e. The highest BCUT2D eigenvalue weighted by Crippen LogP contribution is 2.46. The van der Waals surface area contributed by atoms with Gasteiger partial charge in [-0.1, -0.05) is 88.0 Å². The Balaban J connectivity index is 1.25. The van der Waals surface area contributed by atoms with E-state index in [4.69, 9.17) is 9.47 Å². The van der Waals surface area contributed by atoms with Gasteiger partial charge in [-0.2, -0.15) is 0 Å². The summed E-state index contributed by atoms with van der Waals surface area (Å²) in [5.41, 5.74) is 7.59. The molecule has 6 rings (SSSR count). The maximum atomic E-state index is 7.29. The van der Waals surface area contributed by atoms with Crippen LogP contribution in [0.15, 0.2) is 24.3 Å². The average molecular weight is 756 g/mol. The van der Waals surface area contributed by atoms with Crippen LogP contribution in [0.25, 0.3) is 0 Å². The van der Waals surface area contributed by atoms with Crippen molar-refractivity contribution < 1.29 is 18.6 Å². The van der Waals surface area contributed by atoms with Gasteiger partial charge in [-0.05, 0) is 145 Å². The van der Waals surface area contributed by atoms with Crippen LogP contribution in [0.2, 0.25) is 0 Å². The molecule has 0 radical (unpaired) electrons. The van der Waals surface area contributed by atoms with Gasteiger partial charge in [0.15, 0.2) is 23.9 Å². The van der Waals surface area contributed by atoms with Crippen LogP contribution in [0.5, 0.6) is 11.5 Å². The summed E-state index contributed by atoms with van der Waals surface area (Å²) in [7, 11) is 0. The molecule has 0 bridgehead atoms. The van der Waals surface area contributed by atoms with Gasteiger partial charge in [-0.3, -0.25) is 9.80 Å². The largest absolute Gasteiger partial charge is 0.704 e. The molecule has 1 saturated heterocycles. The number of rotatable bonds is 23. The second kappa shape index (κ2) is 20.1. The third-order valence-electron chi connectivity index (χ3n) is 12.7. The fourth-order valence-corrected chi connectivity index (χ4v) is 9.67. The van der Waals surface area contributed by atoms with Gasteiger partial charge in [0.05, 0.1) is 11.1 Å². The quantitative estimate of drug-likeness (QED) is 0.106. The topological polar surface area (TPSA) is 34.2 Å². The lowest BCUT2D eigenvalue weighted by Gasteiger charge is -2.30. The molecule has 2 aromatic rings. The number of hydrogen-bond acceptors (Lipinski definition) is 5. The molecule has 1 aliphatic carbocycles. The number of benzene rings is 2. The van der Waals surface area contributed by atoms with Crippen LogP contribution in [-0.2, 0) is 13.1 Å². The minimum atomic E-state index is -0.985. The molecule has 2 fully saturated rings. The van der Waals surface area contributed by atoms with Gasteiger partial charge in [-0.15, -0.1) is 0 Å². The number of hydrogen-bond donors (Lipinski definition) is 0. The minimum Gasteiger partial charge on any atom is -0.340 e. The number of unbranched alkanes of at least 4 members (excludes halogenated alkanes) is 5. The first-order valence-electron chi connectivity index (χ1n) is 22.9. The molecular weight excluding hydrogens is 679 g/mol. The summed E-state index contributed by atoms with van der Waals surface area (Å²) in [5.74, 6) is 1.94. The predicted molar refractivity (Wildman–Crippen MR) is 229 cm³/mol. The van der Waals surface area contributed by atoms with Gasteiger partial charge in [0, 0.05) is 25.9 Å². The minimum absolute atomic E-state index is 0.360. The monoisotopic (exact) mass is 756 g/mol. The lowest BCUT2D eigenvalue weighted by molar-refractivity contribution is -0.866. The highest BCUT2D eigenvalue weighted by molar-refractivity contribution is 5.84. The van der Waals surface area contributed by atoms with E-state index >= 15 is 0 Å². The SMILES string of the molecule is CCCCN(CCCC)CCCN(CCCC)Cc1cc(C)c2c(c1)C=[N+]1C3CCCCC3[N+]3=Cc4cc(CN(CCCC)CCCC)cc(C)c4OC31O2. The van der Waals surface area contributed by atoms with Crippen LogP contribution < -0.4 is 9.47 Å². The summed E-state index contributed by atoms with van der Waals surface area (Å²) < 4.78 is 19.5. The third-order valence-corrected chi connectivity index (χ3v) is 12.7. The summed E-state index contributed by atoms with van der Waals surface area (Å²) >= 11 is 0. The number of nitrogens with zero attached hydrogens (tertiary/aromatic N) is 5. The van der Waals surface area contributed by atoms with Crippen molar-refractivity contribution in [2.75, 3.05) is 45.8 Å². The van der Waals surface area contributed by atoms with E-state index in [0.29, 0.717) is 12.1 Å². The van der Waals surface area contributed by atoms with E-state index in [2.05, 4.69) is 109 Å². The molecule has 3 atom stereocenters. The highest BCUT2D eigenvalue weighted by Gasteiger charge is 2.76. The first-order chi connectivity index (χ1) is 26.8. The Morgan fingerprint density at radius 3 is 1.29 bits per heavy atom. The third kappa shape index (κ3) is 9.87. The number of ether oxygens (including phenoxy) is 2. The van der Waals surface area contributed by atoms with E-state index in [9.17, 15) is 0 Å². The molecule has 2 aromatic carbocycles. The van der Waals surface area contributed by atoms with Crippen molar-refractivity contribution in [1.82, 2.24) is 14.7 Å². The van der Waals surface area contributed by atoms with Crippen LogP contribution in [0.4, 0.5) is 0 Å². The summed E-state index contributed by atoms with van der Waals surface area (Å²) in [6, 6.07) is 9.31. The van der Waals surface area contributed by atoms with Crippen LogP contribution in [-0.4, -0.2) is 100 Å². The van der Waals surface area contributed by atoms with Crippen LogP contribution >= 0.6 is 0 Å². The average Bonchev–Trinajstić information content (AvgIpc) is 3.46. The van der Waals surface area contributed by atoms with Crippen LogP contribution in [0, 0.1) is 13.8 Å². The van der Waals surface area contributed by atoms with Gasteiger partial charge < -0.3 is 14.4 Å². The van der Waals surface area contributed by atoms with Crippen molar-refractivity contribution >= 4 is 12.4 Å². The van der Waals surface area contributed by atoms with E-state index in [1.165, 1.54) is 150 Å². The summed E-state index contributed by atoms with van der Waals surface area (Å²) in [6.45, 7) is 26.3. The van der Waals surface area contributed by atoms with Crippen molar-refractivity contribution in [3.63, 3.8) is 0 Å². The smallest absolute Gasteiger partial charge is 0.340 e. The second-order valence-electron chi connectivity index (χ2n) is 17.4. The first kappa shape index (κ1) is 41.9. The van der Waals surface area contributed by atoms with Crippen molar-refractivity contribution in [3.05, 3.63) is 57.6 Å². The molecule has 3 heterocycles. The van der Waals surface area contributed by atoms with E-state index in [-0.39, 0.29) is 0 Å². The van der Waals surface area contributed by atoms with Crippen molar-refractivity contribution in [2.45, 2.75) is 176 Å². The molecule has 4 aliphatic rings. The van der Waals surface area contributed by atoms with E-state index in [1.54, 1.807) is 0 Å². The fraction of sp³-hybridized carbons (Fsp3) is 0.708. The Labute approximate surface area is 335 Å². The fourth-order valence-electron chi connectivity index (χ4n) is 9.67.